The maximum atomic E-state index is 12.8. The summed E-state index contributed by atoms with van der Waals surface area (Å²) in [5.74, 6) is 0.861. The molecule has 0 spiro atoms. The van der Waals surface area contributed by atoms with E-state index in [1.54, 1.807) is 0 Å². The van der Waals surface area contributed by atoms with Crippen molar-refractivity contribution in [2.24, 2.45) is 0 Å². The molecule has 7 heteroatoms. The van der Waals surface area contributed by atoms with Crippen molar-refractivity contribution in [3.63, 3.8) is 0 Å². The molecule has 4 heterocycles. The number of amides is 1. The normalized spacial score (nSPS) is 21.2. The molecule has 3 aromatic rings. The minimum atomic E-state index is -0.0716. The van der Waals surface area contributed by atoms with Crippen LogP contribution in [0.4, 0.5) is 5.82 Å². The van der Waals surface area contributed by atoms with E-state index < -0.39 is 0 Å². The van der Waals surface area contributed by atoms with Gasteiger partial charge in [0.25, 0.3) is 0 Å². The van der Waals surface area contributed by atoms with E-state index in [-0.39, 0.29) is 11.9 Å². The maximum absolute atomic E-state index is 12.8. The molecule has 1 aromatic carbocycles. The fourth-order valence-electron chi connectivity index (χ4n) is 3.92. The first-order chi connectivity index (χ1) is 12.8. The Bertz CT molecular complexity index is 950. The van der Waals surface area contributed by atoms with Gasteiger partial charge in [0.15, 0.2) is 0 Å². The van der Waals surface area contributed by atoms with Crippen LogP contribution in [0.5, 0.6) is 0 Å². The minimum absolute atomic E-state index is 0.0716. The lowest BCUT2D eigenvalue weighted by Gasteiger charge is -2.42. The summed E-state index contributed by atoms with van der Waals surface area (Å²) in [5, 5.41) is 11.6. The van der Waals surface area contributed by atoms with Crippen LogP contribution < -0.4 is 10.2 Å². The lowest BCUT2D eigenvalue weighted by Crippen LogP contribution is -2.64. The van der Waals surface area contributed by atoms with Gasteiger partial charge in [0, 0.05) is 55.4 Å². The van der Waals surface area contributed by atoms with Gasteiger partial charge < -0.3 is 5.32 Å². The minimum Gasteiger partial charge on any atom is -0.313 e. The highest BCUT2D eigenvalue weighted by atomic mass is 16.2. The average Bonchev–Trinajstić information content (AvgIpc) is 3.18. The number of para-hydroxylation sites is 1. The fourth-order valence-corrected chi connectivity index (χ4v) is 3.92. The lowest BCUT2D eigenvalue weighted by atomic mass is 10.0. The van der Waals surface area contributed by atoms with Crippen molar-refractivity contribution in [1.82, 2.24) is 25.4 Å². The first-order valence-corrected chi connectivity index (χ1v) is 8.96. The highest BCUT2D eigenvalue weighted by molar-refractivity contribution is 5.98. The smallest absolute Gasteiger partial charge is 0.246 e. The zero-order valence-corrected chi connectivity index (χ0v) is 14.4. The third kappa shape index (κ3) is 2.48. The van der Waals surface area contributed by atoms with E-state index in [4.69, 9.17) is 0 Å². The van der Waals surface area contributed by atoms with Crippen LogP contribution in [-0.4, -0.2) is 64.8 Å². The van der Waals surface area contributed by atoms with E-state index in [2.05, 4.69) is 31.5 Å². The van der Waals surface area contributed by atoms with Crippen molar-refractivity contribution in [2.75, 3.05) is 37.6 Å². The number of pyridine rings is 1. The number of nitrogens with one attached hydrogen (secondary N) is 2. The standard InChI is InChI=1S/C19H20N6O/c26-19-16-12-20-6-7-24(16)8-9-25(19)17-5-4-13(10-21-17)15-3-1-2-14-11-22-23-18(14)15/h1-5,10-11,16,20H,6-9,12H2,(H,22,23)/t16-/m1/s1. The number of aromatic amines is 1. The van der Waals surface area contributed by atoms with E-state index in [1.165, 1.54) is 0 Å². The predicted octanol–water partition coefficient (Wildman–Crippen LogP) is 1.25. The average molecular weight is 348 g/mol. The van der Waals surface area contributed by atoms with E-state index in [0.29, 0.717) is 6.54 Å². The number of benzene rings is 1. The topological polar surface area (TPSA) is 77.2 Å². The van der Waals surface area contributed by atoms with Crippen LogP contribution in [0.25, 0.3) is 22.0 Å². The Morgan fingerprint density at radius 3 is 2.92 bits per heavy atom. The first kappa shape index (κ1) is 15.5. The molecule has 132 valence electrons. The fraction of sp³-hybridized carbons (Fsp3) is 0.316. The van der Waals surface area contributed by atoms with Crippen molar-refractivity contribution in [1.29, 1.82) is 0 Å². The molecule has 1 amide bonds. The van der Waals surface area contributed by atoms with Crippen LogP contribution in [0.1, 0.15) is 0 Å². The Kier molecular flexibility index (Phi) is 3.69. The van der Waals surface area contributed by atoms with Gasteiger partial charge in [-0.2, -0.15) is 5.10 Å². The molecule has 5 rings (SSSR count). The van der Waals surface area contributed by atoms with Crippen LogP contribution in [0.15, 0.2) is 42.7 Å². The summed E-state index contributed by atoms with van der Waals surface area (Å²) in [4.78, 5) is 21.5. The Morgan fingerprint density at radius 1 is 1.08 bits per heavy atom. The van der Waals surface area contributed by atoms with E-state index in [1.807, 2.05) is 41.6 Å². The molecule has 2 saturated heterocycles. The Morgan fingerprint density at radius 2 is 2.04 bits per heavy atom. The third-order valence-corrected chi connectivity index (χ3v) is 5.33. The van der Waals surface area contributed by atoms with E-state index in [0.717, 1.165) is 54.0 Å². The van der Waals surface area contributed by atoms with Gasteiger partial charge in [0.2, 0.25) is 5.91 Å². The second-order valence-electron chi connectivity index (χ2n) is 6.79. The third-order valence-electron chi connectivity index (χ3n) is 5.33. The van der Waals surface area contributed by atoms with Gasteiger partial charge in [-0.1, -0.05) is 18.2 Å². The van der Waals surface area contributed by atoms with Crippen molar-refractivity contribution in [3.8, 4) is 11.1 Å². The quantitative estimate of drug-likeness (QED) is 0.729. The second kappa shape index (κ2) is 6.19. The van der Waals surface area contributed by atoms with Crippen LogP contribution in [0.3, 0.4) is 0 Å². The number of aromatic nitrogens is 3. The van der Waals surface area contributed by atoms with Gasteiger partial charge in [0.1, 0.15) is 11.9 Å². The van der Waals surface area contributed by atoms with E-state index >= 15 is 0 Å². The maximum Gasteiger partial charge on any atom is 0.246 e. The van der Waals surface area contributed by atoms with Crippen LogP contribution in [-0.2, 0) is 4.79 Å². The number of anilines is 1. The molecule has 2 aliphatic rings. The molecular formula is C19H20N6O. The van der Waals surface area contributed by atoms with Gasteiger partial charge in [-0.3, -0.25) is 19.7 Å². The number of nitrogens with zero attached hydrogens (tertiary/aromatic N) is 4. The molecule has 2 N–H and O–H groups in total. The number of fused-ring (bicyclic) bond motifs is 2. The molecule has 2 aliphatic heterocycles. The Hall–Kier alpha value is -2.77. The van der Waals surface area contributed by atoms with Crippen LogP contribution in [0, 0.1) is 0 Å². The molecule has 2 aromatic heterocycles. The lowest BCUT2D eigenvalue weighted by molar-refractivity contribution is -0.126. The van der Waals surface area contributed by atoms with Crippen molar-refractivity contribution in [3.05, 3.63) is 42.7 Å². The molecule has 0 unspecified atom stereocenters. The summed E-state index contributed by atoms with van der Waals surface area (Å²) >= 11 is 0. The highest BCUT2D eigenvalue weighted by Gasteiger charge is 2.37. The van der Waals surface area contributed by atoms with Gasteiger partial charge >= 0.3 is 0 Å². The summed E-state index contributed by atoms with van der Waals surface area (Å²) in [6.45, 7) is 4.20. The van der Waals surface area contributed by atoms with Gasteiger partial charge in [-0.15, -0.1) is 0 Å². The summed E-state index contributed by atoms with van der Waals surface area (Å²) in [7, 11) is 0. The molecule has 7 nitrogen and oxygen atoms in total. The van der Waals surface area contributed by atoms with Gasteiger partial charge in [0.05, 0.1) is 11.7 Å². The molecule has 26 heavy (non-hydrogen) atoms. The predicted molar refractivity (Wildman–Crippen MR) is 99.9 cm³/mol. The monoisotopic (exact) mass is 348 g/mol. The molecule has 0 bridgehead atoms. The summed E-state index contributed by atoms with van der Waals surface area (Å²) in [6.07, 6.45) is 3.65. The number of piperazine rings is 2. The first-order valence-electron chi connectivity index (χ1n) is 8.96. The van der Waals surface area contributed by atoms with Crippen molar-refractivity contribution >= 4 is 22.6 Å². The van der Waals surface area contributed by atoms with E-state index in [9.17, 15) is 4.79 Å². The molecule has 2 fully saturated rings. The number of H-pyrrole nitrogens is 1. The molecule has 1 atom stereocenters. The number of rotatable bonds is 2. The number of hydrogen-bond acceptors (Lipinski definition) is 5. The summed E-state index contributed by atoms with van der Waals surface area (Å²) in [6, 6.07) is 9.98. The Balaban J connectivity index is 1.43. The second-order valence-corrected chi connectivity index (χ2v) is 6.79. The molecule has 0 aliphatic carbocycles. The Labute approximate surface area is 151 Å². The van der Waals surface area contributed by atoms with Gasteiger partial charge in [-0.05, 0) is 12.1 Å². The number of hydrogen-bond donors (Lipinski definition) is 2. The largest absolute Gasteiger partial charge is 0.313 e. The molecular weight excluding hydrogens is 328 g/mol. The van der Waals surface area contributed by atoms with Gasteiger partial charge in [-0.25, -0.2) is 4.98 Å². The highest BCUT2D eigenvalue weighted by Crippen LogP contribution is 2.28. The number of carbonyl (C=O) groups is 1. The zero-order chi connectivity index (χ0) is 17.5. The molecule has 0 saturated carbocycles. The zero-order valence-electron chi connectivity index (χ0n) is 14.4. The van der Waals surface area contributed by atoms with Crippen LogP contribution >= 0.6 is 0 Å². The summed E-state index contributed by atoms with van der Waals surface area (Å²) in [5.41, 5.74) is 3.07. The van der Waals surface area contributed by atoms with Crippen LogP contribution in [0.2, 0.25) is 0 Å². The summed E-state index contributed by atoms with van der Waals surface area (Å²) < 4.78 is 0. The van der Waals surface area contributed by atoms with Crippen molar-refractivity contribution in [2.45, 2.75) is 6.04 Å². The number of carbonyl (C=O) groups excluding carboxylic acids is 1. The van der Waals surface area contributed by atoms with Crippen molar-refractivity contribution < 1.29 is 4.79 Å². The SMILES string of the molecule is O=C1[C@H]2CNCCN2CCN1c1ccc(-c2cccc3cn[nH]c23)cn1. The molecule has 0 radical (unpaired) electrons.